The van der Waals surface area contributed by atoms with Gasteiger partial charge in [-0.25, -0.2) is 0 Å². The number of rotatable bonds is 6. The Morgan fingerprint density at radius 2 is 1.67 bits per heavy atom. The average Bonchev–Trinajstić information content (AvgIpc) is 2.56. The van der Waals surface area contributed by atoms with Gasteiger partial charge >= 0.3 is 0 Å². The van der Waals surface area contributed by atoms with Crippen molar-refractivity contribution >= 4 is 10.8 Å². The summed E-state index contributed by atoms with van der Waals surface area (Å²) >= 11 is 0. The second-order valence-corrected chi connectivity index (χ2v) is 5.29. The zero-order chi connectivity index (χ0) is 14.3. The highest BCUT2D eigenvalue weighted by molar-refractivity contribution is 5.84. The van der Waals surface area contributed by atoms with E-state index < -0.39 is 0 Å². The van der Waals surface area contributed by atoms with Gasteiger partial charge in [0.15, 0.2) is 0 Å². The van der Waals surface area contributed by atoms with Gasteiger partial charge in [0.25, 0.3) is 0 Å². The van der Waals surface area contributed by atoms with Crippen LogP contribution in [0.4, 0.5) is 0 Å². The molecule has 2 aromatic carbocycles. The Morgan fingerprint density at radius 1 is 0.857 bits per heavy atom. The number of aromatic nitrogens is 1. The molecule has 2 nitrogen and oxygen atoms in total. The third kappa shape index (κ3) is 3.67. The third-order valence-electron chi connectivity index (χ3n) is 3.73. The maximum absolute atomic E-state index is 4.32. The highest BCUT2D eigenvalue weighted by Gasteiger charge is 2.00. The Balaban J connectivity index is 1.51. The predicted octanol–water partition coefficient (Wildman–Crippen LogP) is 3.96. The Labute approximate surface area is 125 Å². The van der Waals surface area contributed by atoms with Crippen LogP contribution in [0.2, 0.25) is 0 Å². The molecule has 3 aromatic rings. The quantitative estimate of drug-likeness (QED) is 0.689. The van der Waals surface area contributed by atoms with Crippen molar-refractivity contribution in [1.82, 2.24) is 10.3 Å². The lowest BCUT2D eigenvalue weighted by Gasteiger charge is -2.08. The lowest BCUT2D eigenvalue weighted by atomic mass is 10.1. The minimum Gasteiger partial charge on any atom is -0.313 e. The van der Waals surface area contributed by atoms with E-state index in [-0.39, 0.29) is 0 Å². The lowest BCUT2D eigenvalue weighted by Crippen LogP contribution is -2.15. The molecule has 1 aromatic heterocycles. The van der Waals surface area contributed by atoms with Crippen molar-refractivity contribution < 1.29 is 0 Å². The average molecular weight is 276 g/mol. The maximum atomic E-state index is 4.32. The number of hydrogen-bond acceptors (Lipinski definition) is 2. The van der Waals surface area contributed by atoms with Gasteiger partial charge in [-0.1, -0.05) is 54.6 Å². The predicted molar refractivity (Wildman–Crippen MR) is 88.2 cm³/mol. The van der Waals surface area contributed by atoms with Gasteiger partial charge in [0.2, 0.25) is 0 Å². The van der Waals surface area contributed by atoms with Crippen molar-refractivity contribution in [3.05, 3.63) is 78.1 Å². The van der Waals surface area contributed by atoms with E-state index in [4.69, 9.17) is 0 Å². The van der Waals surface area contributed by atoms with Crippen LogP contribution in [0.15, 0.2) is 67.0 Å². The van der Waals surface area contributed by atoms with E-state index in [1.54, 1.807) is 0 Å². The molecule has 0 saturated heterocycles. The van der Waals surface area contributed by atoms with Crippen molar-refractivity contribution in [2.24, 2.45) is 0 Å². The highest BCUT2D eigenvalue weighted by Crippen LogP contribution is 2.16. The molecule has 0 aliphatic rings. The number of pyridine rings is 1. The standard InChI is InChI=1S/C19H20N2/c1-2-7-16(8-3-1)9-6-12-20-14-18-15-21-13-17-10-4-5-11-19(17)18/h1-5,7-8,10-11,13,15,20H,6,9,12,14H2. The van der Waals surface area contributed by atoms with E-state index in [0.717, 1.165) is 25.9 Å². The molecular weight excluding hydrogens is 256 g/mol. The van der Waals surface area contributed by atoms with Crippen LogP contribution in [0, 0.1) is 0 Å². The van der Waals surface area contributed by atoms with E-state index in [1.165, 1.54) is 21.9 Å². The van der Waals surface area contributed by atoms with Gasteiger partial charge in [-0.2, -0.15) is 0 Å². The van der Waals surface area contributed by atoms with E-state index in [2.05, 4.69) is 64.9 Å². The van der Waals surface area contributed by atoms with Crippen LogP contribution in [0.25, 0.3) is 10.8 Å². The van der Waals surface area contributed by atoms with Crippen LogP contribution in [0.5, 0.6) is 0 Å². The monoisotopic (exact) mass is 276 g/mol. The second-order valence-electron chi connectivity index (χ2n) is 5.29. The smallest absolute Gasteiger partial charge is 0.0346 e. The SMILES string of the molecule is c1ccc(CCCNCc2cncc3ccccc23)cc1. The number of benzene rings is 2. The normalized spacial score (nSPS) is 10.9. The van der Waals surface area contributed by atoms with Crippen LogP contribution >= 0.6 is 0 Å². The zero-order valence-electron chi connectivity index (χ0n) is 12.1. The van der Waals surface area contributed by atoms with Gasteiger partial charge in [-0.3, -0.25) is 4.98 Å². The molecule has 0 saturated carbocycles. The highest BCUT2D eigenvalue weighted by atomic mass is 14.8. The van der Waals surface area contributed by atoms with Crippen LogP contribution in [0.3, 0.4) is 0 Å². The summed E-state index contributed by atoms with van der Waals surface area (Å²) in [6.45, 7) is 1.90. The number of hydrogen-bond donors (Lipinski definition) is 1. The number of nitrogens with one attached hydrogen (secondary N) is 1. The van der Waals surface area contributed by atoms with Crippen LogP contribution in [-0.4, -0.2) is 11.5 Å². The zero-order valence-corrected chi connectivity index (χ0v) is 12.1. The molecule has 0 fully saturated rings. The lowest BCUT2D eigenvalue weighted by molar-refractivity contribution is 0.650. The van der Waals surface area contributed by atoms with Gasteiger partial charge in [0.1, 0.15) is 0 Å². The summed E-state index contributed by atoms with van der Waals surface area (Å²) in [6, 6.07) is 19.1. The van der Waals surface area contributed by atoms with Gasteiger partial charge in [-0.15, -0.1) is 0 Å². The molecule has 1 N–H and O–H groups in total. The molecule has 0 atom stereocenters. The van der Waals surface area contributed by atoms with Gasteiger partial charge in [0, 0.05) is 24.3 Å². The van der Waals surface area contributed by atoms with Gasteiger partial charge in [-0.05, 0) is 35.9 Å². The third-order valence-corrected chi connectivity index (χ3v) is 3.73. The van der Waals surface area contributed by atoms with E-state index in [1.807, 2.05) is 12.4 Å². The van der Waals surface area contributed by atoms with Crippen molar-refractivity contribution in [3.63, 3.8) is 0 Å². The largest absolute Gasteiger partial charge is 0.313 e. The molecule has 0 aliphatic carbocycles. The molecule has 0 unspecified atom stereocenters. The molecule has 0 spiro atoms. The molecule has 3 rings (SSSR count). The minimum atomic E-state index is 0.878. The van der Waals surface area contributed by atoms with E-state index in [9.17, 15) is 0 Å². The molecule has 0 aliphatic heterocycles. The molecule has 0 amide bonds. The summed E-state index contributed by atoms with van der Waals surface area (Å²) in [6.07, 6.45) is 6.17. The maximum Gasteiger partial charge on any atom is 0.0346 e. The van der Waals surface area contributed by atoms with E-state index in [0.29, 0.717) is 0 Å². The summed E-state index contributed by atoms with van der Waals surface area (Å²) in [5, 5.41) is 6.03. The molecule has 0 radical (unpaired) electrons. The van der Waals surface area contributed by atoms with Gasteiger partial charge < -0.3 is 5.32 Å². The first-order valence-electron chi connectivity index (χ1n) is 7.50. The Kier molecular flexibility index (Phi) is 4.59. The Hall–Kier alpha value is -2.19. The summed E-state index contributed by atoms with van der Waals surface area (Å²) in [5.41, 5.74) is 2.68. The van der Waals surface area contributed by atoms with Gasteiger partial charge in [0.05, 0.1) is 0 Å². The summed E-state index contributed by atoms with van der Waals surface area (Å²) < 4.78 is 0. The fourth-order valence-electron chi connectivity index (χ4n) is 2.61. The fourth-order valence-corrected chi connectivity index (χ4v) is 2.61. The topological polar surface area (TPSA) is 24.9 Å². The first kappa shape index (κ1) is 13.8. The Bertz CT molecular complexity index is 687. The molecular formula is C19H20N2. The molecule has 21 heavy (non-hydrogen) atoms. The summed E-state index contributed by atoms with van der Waals surface area (Å²) in [7, 11) is 0. The number of fused-ring (bicyclic) bond motifs is 1. The molecule has 0 bridgehead atoms. The van der Waals surface area contributed by atoms with Crippen molar-refractivity contribution in [2.45, 2.75) is 19.4 Å². The van der Waals surface area contributed by atoms with Crippen molar-refractivity contribution in [3.8, 4) is 0 Å². The van der Waals surface area contributed by atoms with Crippen LogP contribution < -0.4 is 5.32 Å². The van der Waals surface area contributed by atoms with Crippen molar-refractivity contribution in [1.29, 1.82) is 0 Å². The number of nitrogens with zero attached hydrogens (tertiary/aromatic N) is 1. The first-order valence-corrected chi connectivity index (χ1v) is 7.50. The molecule has 106 valence electrons. The summed E-state index contributed by atoms with van der Waals surface area (Å²) in [5.74, 6) is 0. The molecule has 2 heteroatoms. The van der Waals surface area contributed by atoms with Crippen molar-refractivity contribution in [2.75, 3.05) is 6.54 Å². The van der Waals surface area contributed by atoms with Crippen LogP contribution in [0.1, 0.15) is 17.5 Å². The van der Waals surface area contributed by atoms with Crippen LogP contribution in [-0.2, 0) is 13.0 Å². The first-order chi connectivity index (χ1) is 10.4. The Morgan fingerprint density at radius 3 is 2.57 bits per heavy atom. The number of aryl methyl sites for hydroxylation is 1. The fraction of sp³-hybridized carbons (Fsp3) is 0.211. The second kappa shape index (κ2) is 7.00. The van der Waals surface area contributed by atoms with E-state index >= 15 is 0 Å². The summed E-state index contributed by atoms with van der Waals surface area (Å²) in [4.78, 5) is 4.32. The molecule has 1 heterocycles. The minimum absolute atomic E-state index is 0.878.